The summed E-state index contributed by atoms with van der Waals surface area (Å²) in [5.74, 6) is 0.675. The maximum atomic E-state index is 10.3. The molecule has 0 aliphatic carbocycles. The highest BCUT2D eigenvalue weighted by Gasteiger charge is 2.38. The molecule has 30 heavy (non-hydrogen) atoms. The SMILES string of the molecule is CCC(O)c1cc2nccc(-c3cc(C#N)cc(C)c3OCC3(C#N)CNC3)c2s1. The van der Waals surface area contributed by atoms with Crippen LogP contribution in [0.5, 0.6) is 5.75 Å². The first-order valence-corrected chi connectivity index (χ1v) is 10.7. The summed E-state index contributed by atoms with van der Waals surface area (Å²) in [7, 11) is 0. The largest absolute Gasteiger partial charge is 0.491 e. The Morgan fingerprint density at radius 1 is 1.30 bits per heavy atom. The molecule has 0 spiro atoms. The van der Waals surface area contributed by atoms with Gasteiger partial charge in [0.25, 0.3) is 0 Å². The number of nitrogens with one attached hydrogen (secondary N) is 1. The van der Waals surface area contributed by atoms with Crippen LogP contribution in [0.2, 0.25) is 0 Å². The molecule has 2 N–H and O–H groups in total. The highest BCUT2D eigenvalue weighted by Crippen LogP contribution is 2.42. The Balaban J connectivity index is 1.83. The van der Waals surface area contributed by atoms with E-state index in [2.05, 4.69) is 22.4 Å². The monoisotopic (exact) mass is 418 g/mol. The number of ether oxygens (including phenoxy) is 1. The summed E-state index contributed by atoms with van der Waals surface area (Å²) in [4.78, 5) is 5.33. The van der Waals surface area contributed by atoms with Gasteiger partial charge in [0.2, 0.25) is 0 Å². The van der Waals surface area contributed by atoms with Crippen LogP contribution in [0.4, 0.5) is 0 Å². The molecule has 1 unspecified atom stereocenters. The fraction of sp³-hybridized carbons (Fsp3) is 0.348. The van der Waals surface area contributed by atoms with Crippen molar-refractivity contribution in [1.29, 1.82) is 10.5 Å². The van der Waals surface area contributed by atoms with E-state index in [1.54, 1.807) is 12.3 Å². The number of hydrogen-bond donors (Lipinski definition) is 2. The van der Waals surface area contributed by atoms with Crippen LogP contribution in [0.25, 0.3) is 21.3 Å². The van der Waals surface area contributed by atoms with E-state index < -0.39 is 11.5 Å². The van der Waals surface area contributed by atoms with Gasteiger partial charge in [-0.05, 0) is 43.2 Å². The average molecular weight is 419 g/mol. The van der Waals surface area contributed by atoms with E-state index in [0.717, 1.165) is 31.8 Å². The molecule has 3 heterocycles. The lowest BCUT2D eigenvalue weighted by atomic mass is 9.84. The molecule has 1 aliphatic heterocycles. The molecule has 4 rings (SSSR count). The molecule has 152 valence electrons. The molecule has 0 bridgehead atoms. The molecular formula is C23H22N4O2S. The summed E-state index contributed by atoms with van der Waals surface area (Å²) in [6.07, 6.45) is 1.84. The number of fused-ring (bicyclic) bond motifs is 1. The Kier molecular flexibility index (Phi) is 5.44. The van der Waals surface area contributed by atoms with Gasteiger partial charge in [-0.2, -0.15) is 10.5 Å². The van der Waals surface area contributed by atoms with Crippen LogP contribution in [-0.4, -0.2) is 29.8 Å². The highest BCUT2D eigenvalue weighted by atomic mass is 32.1. The maximum absolute atomic E-state index is 10.3. The van der Waals surface area contributed by atoms with Crippen LogP contribution >= 0.6 is 11.3 Å². The first kappa shape index (κ1) is 20.3. The maximum Gasteiger partial charge on any atom is 0.130 e. The Labute approximate surface area is 179 Å². The van der Waals surface area contributed by atoms with Crippen LogP contribution in [-0.2, 0) is 0 Å². The third-order valence-electron chi connectivity index (χ3n) is 5.50. The molecule has 0 radical (unpaired) electrons. The summed E-state index contributed by atoms with van der Waals surface area (Å²) >= 11 is 1.51. The molecule has 3 aromatic rings. The second-order valence-electron chi connectivity index (χ2n) is 7.71. The molecule has 1 atom stereocenters. The minimum Gasteiger partial charge on any atom is -0.491 e. The Morgan fingerprint density at radius 3 is 2.73 bits per heavy atom. The van der Waals surface area contributed by atoms with Crippen molar-refractivity contribution < 1.29 is 9.84 Å². The van der Waals surface area contributed by atoms with Crippen LogP contribution in [0.1, 0.15) is 35.5 Å². The second-order valence-corrected chi connectivity index (χ2v) is 8.80. The zero-order valence-corrected chi connectivity index (χ0v) is 17.7. The summed E-state index contributed by atoms with van der Waals surface area (Å²) in [6.45, 7) is 5.36. The van der Waals surface area contributed by atoms with Gasteiger partial charge in [-0.15, -0.1) is 11.3 Å². The van der Waals surface area contributed by atoms with E-state index in [1.165, 1.54) is 11.3 Å². The van der Waals surface area contributed by atoms with Crippen molar-refractivity contribution in [2.24, 2.45) is 5.41 Å². The summed E-state index contributed by atoms with van der Waals surface area (Å²) in [5.41, 5.74) is 3.39. The van der Waals surface area contributed by atoms with E-state index in [1.807, 2.05) is 32.0 Å². The standard InChI is InChI=1S/C23H22N4O2S/c1-3-19(28)20-8-18-22(30-20)16(4-5-27-18)17-7-15(9-24)6-14(2)21(17)29-13-23(10-25)11-26-12-23/h4-8,19,26,28H,3,11-13H2,1-2H3. The second kappa shape index (κ2) is 8.04. The molecule has 1 aromatic carbocycles. The van der Waals surface area contributed by atoms with Gasteiger partial charge in [-0.3, -0.25) is 4.98 Å². The Morgan fingerprint density at radius 2 is 2.10 bits per heavy atom. The van der Waals surface area contributed by atoms with Gasteiger partial charge < -0.3 is 15.2 Å². The van der Waals surface area contributed by atoms with Crippen molar-refractivity contribution in [1.82, 2.24) is 10.3 Å². The average Bonchev–Trinajstić information content (AvgIpc) is 3.17. The number of pyridine rings is 1. The smallest absolute Gasteiger partial charge is 0.130 e. The zero-order valence-electron chi connectivity index (χ0n) is 16.9. The van der Waals surface area contributed by atoms with Crippen molar-refractivity contribution >= 4 is 21.6 Å². The summed E-state index contributed by atoms with van der Waals surface area (Å²) in [5, 5.41) is 32.5. The number of thiophene rings is 1. The lowest BCUT2D eigenvalue weighted by Crippen LogP contribution is -2.55. The first-order valence-electron chi connectivity index (χ1n) is 9.86. The fourth-order valence-corrected chi connectivity index (χ4v) is 4.83. The number of aliphatic hydroxyl groups is 1. The zero-order chi connectivity index (χ0) is 21.3. The van der Waals surface area contributed by atoms with Gasteiger partial charge in [-0.1, -0.05) is 6.92 Å². The fourth-order valence-electron chi connectivity index (χ4n) is 3.61. The van der Waals surface area contributed by atoms with Crippen molar-refractivity contribution in [2.45, 2.75) is 26.4 Å². The molecule has 0 amide bonds. The quantitative estimate of drug-likeness (QED) is 0.625. The van der Waals surface area contributed by atoms with Crippen molar-refractivity contribution in [2.75, 3.05) is 19.7 Å². The molecular weight excluding hydrogens is 396 g/mol. The van der Waals surface area contributed by atoms with Crippen LogP contribution in [0.3, 0.4) is 0 Å². The molecule has 7 heteroatoms. The summed E-state index contributed by atoms with van der Waals surface area (Å²) in [6, 6.07) is 12.0. The number of aryl methyl sites for hydroxylation is 1. The van der Waals surface area contributed by atoms with Gasteiger partial charge in [0.15, 0.2) is 0 Å². The molecule has 1 aliphatic rings. The van der Waals surface area contributed by atoms with Gasteiger partial charge in [0.05, 0.1) is 34.0 Å². The van der Waals surface area contributed by atoms with Gasteiger partial charge in [0, 0.05) is 35.3 Å². The topological polar surface area (TPSA) is 102 Å². The summed E-state index contributed by atoms with van der Waals surface area (Å²) < 4.78 is 7.15. The normalized spacial score (nSPS) is 15.8. The minimum absolute atomic E-state index is 0.286. The molecule has 6 nitrogen and oxygen atoms in total. The highest BCUT2D eigenvalue weighted by molar-refractivity contribution is 7.19. The van der Waals surface area contributed by atoms with E-state index in [4.69, 9.17) is 4.74 Å². The number of rotatable bonds is 6. The van der Waals surface area contributed by atoms with E-state index in [9.17, 15) is 15.6 Å². The first-order chi connectivity index (χ1) is 14.5. The van der Waals surface area contributed by atoms with E-state index in [-0.39, 0.29) is 6.61 Å². The lowest BCUT2D eigenvalue weighted by molar-refractivity contribution is 0.137. The molecule has 1 fully saturated rings. The van der Waals surface area contributed by atoms with Gasteiger partial charge >= 0.3 is 0 Å². The van der Waals surface area contributed by atoms with E-state index in [0.29, 0.717) is 30.8 Å². The third-order valence-corrected chi connectivity index (χ3v) is 6.76. The van der Waals surface area contributed by atoms with Gasteiger partial charge in [0.1, 0.15) is 17.8 Å². The van der Waals surface area contributed by atoms with Crippen molar-refractivity contribution in [3.63, 3.8) is 0 Å². The number of aromatic nitrogens is 1. The minimum atomic E-state index is -0.526. The van der Waals surface area contributed by atoms with Gasteiger partial charge in [-0.25, -0.2) is 0 Å². The molecule has 2 aromatic heterocycles. The Bertz CT molecular complexity index is 1180. The van der Waals surface area contributed by atoms with Crippen LogP contribution < -0.4 is 10.1 Å². The lowest BCUT2D eigenvalue weighted by Gasteiger charge is -2.36. The van der Waals surface area contributed by atoms with Crippen LogP contribution in [0.15, 0.2) is 30.5 Å². The number of nitrogens with zero attached hydrogens (tertiary/aromatic N) is 3. The third kappa shape index (κ3) is 3.53. The number of hydrogen-bond acceptors (Lipinski definition) is 7. The predicted molar refractivity (Wildman–Crippen MR) is 116 cm³/mol. The molecule has 1 saturated heterocycles. The predicted octanol–water partition coefficient (Wildman–Crippen LogP) is 4.08. The van der Waals surface area contributed by atoms with Crippen molar-refractivity contribution in [3.8, 4) is 29.0 Å². The van der Waals surface area contributed by atoms with Crippen molar-refractivity contribution in [3.05, 3.63) is 46.5 Å². The number of benzene rings is 1. The molecule has 0 saturated carbocycles. The van der Waals surface area contributed by atoms with Crippen LogP contribution in [0, 0.1) is 35.0 Å². The number of aliphatic hydroxyl groups excluding tert-OH is 1. The Hall–Kier alpha value is -2.97. The number of nitriles is 2. The van der Waals surface area contributed by atoms with E-state index >= 15 is 0 Å².